The molecule has 0 radical (unpaired) electrons. The molecule has 2 rings (SSSR count). The molecule has 1 amide bonds. The topological polar surface area (TPSA) is 62.2 Å². The number of hydrogen-bond acceptors (Lipinski definition) is 4. The largest absolute Gasteiger partial charge is 0.378 e. The number of carbonyl (C=O) groups is 1. The first kappa shape index (κ1) is 13.7. The molecule has 1 unspecified atom stereocenters. The third-order valence-corrected chi connectivity index (χ3v) is 3.75. The number of nitrogens with zero attached hydrogens (tertiary/aromatic N) is 1. The van der Waals surface area contributed by atoms with E-state index in [9.17, 15) is 9.90 Å². The lowest BCUT2D eigenvalue weighted by Gasteiger charge is -2.09. The van der Waals surface area contributed by atoms with Gasteiger partial charge in [-0.15, -0.1) is 11.3 Å². The number of anilines is 1. The summed E-state index contributed by atoms with van der Waals surface area (Å²) in [5.74, 6) is -0.456. The van der Waals surface area contributed by atoms with E-state index in [1.807, 2.05) is 19.9 Å². The molecule has 19 heavy (non-hydrogen) atoms. The first-order valence-corrected chi connectivity index (χ1v) is 6.93. The first-order chi connectivity index (χ1) is 9.11. The van der Waals surface area contributed by atoms with Crippen LogP contribution in [0.15, 0.2) is 30.3 Å². The Hall–Kier alpha value is -1.72. The molecule has 1 atom stereocenters. The summed E-state index contributed by atoms with van der Waals surface area (Å²) in [5.41, 5.74) is 1.55. The predicted octanol–water partition coefficient (Wildman–Crippen LogP) is 2.69. The van der Waals surface area contributed by atoms with Crippen molar-refractivity contribution in [2.24, 2.45) is 0 Å². The maximum atomic E-state index is 11.9. The van der Waals surface area contributed by atoms with Crippen molar-refractivity contribution in [2.45, 2.75) is 26.4 Å². The average Bonchev–Trinajstić information content (AvgIpc) is 2.78. The Kier molecular flexibility index (Phi) is 4.29. The fourth-order valence-electron chi connectivity index (χ4n) is 1.77. The Morgan fingerprint density at radius 1 is 1.42 bits per heavy atom. The zero-order valence-electron chi connectivity index (χ0n) is 10.9. The fraction of sp³-hybridized carbons (Fsp3) is 0.286. The lowest BCUT2D eigenvalue weighted by atomic mass is 10.1. The van der Waals surface area contributed by atoms with Gasteiger partial charge in [0, 0.05) is 4.88 Å². The van der Waals surface area contributed by atoms with E-state index >= 15 is 0 Å². The highest BCUT2D eigenvalue weighted by Crippen LogP contribution is 2.23. The van der Waals surface area contributed by atoms with Crippen molar-refractivity contribution in [3.63, 3.8) is 0 Å². The Balaban J connectivity index is 2.08. The number of aliphatic hydroxyl groups excluding tert-OH is 1. The smallest absolute Gasteiger partial charge is 0.259 e. The molecule has 1 aromatic heterocycles. The number of aliphatic hydroxyl groups is 1. The van der Waals surface area contributed by atoms with Crippen LogP contribution in [0.25, 0.3) is 0 Å². The summed E-state index contributed by atoms with van der Waals surface area (Å²) in [5, 5.41) is 13.1. The standard InChI is InChI=1S/C14H16N2O2S/c1-3-11-9(2)19-14(15-11)16-13(18)12(17)10-7-5-4-6-8-10/h4-8,12,17H,3H2,1-2H3,(H,15,16,18). The van der Waals surface area contributed by atoms with Gasteiger partial charge in [-0.1, -0.05) is 37.3 Å². The lowest BCUT2D eigenvalue weighted by Crippen LogP contribution is -2.20. The van der Waals surface area contributed by atoms with Crippen molar-refractivity contribution < 1.29 is 9.90 Å². The molecule has 2 aromatic rings. The minimum atomic E-state index is -1.17. The van der Waals surface area contributed by atoms with Gasteiger partial charge in [-0.2, -0.15) is 0 Å². The summed E-state index contributed by atoms with van der Waals surface area (Å²) in [6, 6.07) is 8.85. The van der Waals surface area contributed by atoms with Gasteiger partial charge in [-0.05, 0) is 18.9 Å². The summed E-state index contributed by atoms with van der Waals surface area (Å²) in [6.07, 6.45) is -0.338. The molecule has 0 aliphatic rings. The monoisotopic (exact) mass is 276 g/mol. The van der Waals surface area contributed by atoms with Gasteiger partial charge in [0.2, 0.25) is 0 Å². The molecule has 100 valence electrons. The van der Waals surface area contributed by atoms with Crippen LogP contribution in [0.4, 0.5) is 5.13 Å². The van der Waals surface area contributed by atoms with Crippen LogP contribution in [-0.2, 0) is 11.2 Å². The van der Waals surface area contributed by atoms with Crippen LogP contribution in [0, 0.1) is 6.92 Å². The van der Waals surface area contributed by atoms with Crippen molar-refractivity contribution in [3.05, 3.63) is 46.5 Å². The molecule has 2 N–H and O–H groups in total. The minimum absolute atomic E-state index is 0.456. The van der Waals surface area contributed by atoms with E-state index in [0.717, 1.165) is 17.0 Å². The second-order valence-corrected chi connectivity index (χ2v) is 5.38. The van der Waals surface area contributed by atoms with E-state index < -0.39 is 12.0 Å². The van der Waals surface area contributed by atoms with Gasteiger partial charge in [-0.25, -0.2) is 4.98 Å². The van der Waals surface area contributed by atoms with Gasteiger partial charge >= 0.3 is 0 Å². The molecule has 1 heterocycles. The van der Waals surface area contributed by atoms with Crippen LogP contribution >= 0.6 is 11.3 Å². The van der Waals surface area contributed by atoms with Gasteiger partial charge in [0.25, 0.3) is 5.91 Å². The van der Waals surface area contributed by atoms with Gasteiger partial charge < -0.3 is 5.11 Å². The summed E-state index contributed by atoms with van der Waals surface area (Å²) in [4.78, 5) is 17.3. The summed E-state index contributed by atoms with van der Waals surface area (Å²) in [7, 11) is 0. The molecule has 0 aliphatic heterocycles. The maximum Gasteiger partial charge on any atom is 0.259 e. The summed E-state index contributed by atoms with van der Waals surface area (Å²) < 4.78 is 0. The molecule has 5 heteroatoms. The number of carbonyl (C=O) groups excluding carboxylic acids is 1. The second kappa shape index (κ2) is 5.95. The Bertz CT molecular complexity index is 566. The van der Waals surface area contributed by atoms with E-state index in [2.05, 4.69) is 10.3 Å². The summed E-state index contributed by atoms with van der Waals surface area (Å²) in [6.45, 7) is 3.99. The maximum absolute atomic E-state index is 11.9. The number of nitrogens with one attached hydrogen (secondary N) is 1. The zero-order chi connectivity index (χ0) is 13.8. The predicted molar refractivity (Wildman–Crippen MR) is 76.3 cm³/mol. The van der Waals surface area contributed by atoms with E-state index in [0.29, 0.717) is 10.7 Å². The average molecular weight is 276 g/mol. The van der Waals surface area contributed by atoms with Crippen molar-refractivity contribution in [2.75, 3.05) is 5.32 Å². The number of aromatic nitrogens is 1. The van der Waals surface area contributed by atoms with Crippen molar-refractivity contribution in [3.8, 4) is 0 Å². The normalized spacial score (nSPS) is 12.2. The van der Waals surface area contributed by atoms with E-state index in [1.54, 1.807) is 24.3 Å². The molecular formula is C14H16N2O2S. The van der Waals surface area contributed by atoms with Gasteiger partial charge in [0.05, 0.1) is 5.69 Å². The molecule has 1 aromatic carbocycles. The number of benzene rings is 1. The van der Waals surface area contributed by atoms with Gasteiger partial charge in [-0.3, -0.25) is 10.1 Å². The second-order valence-electron chi connectivity index (χ2n) is 4.18. The van der Waals surface area contributed by atoms with Crippen LogP contribution in [0.3, 0.4) is 0 Å². The fourth-order valence-corrected chi connectivity index (χ4v) is 2.68. The van der Waals surface area contributed by atoms with Crippen LogP contribution in [0.1, 0.15) is 29.2 Å². The van der Waals surface area contributed by atoms with Crippen LogP contribution in [-0.4, -0.2) is 16.0 Å². The number of aryl methyl sites for hydroxylation is 2. The highest BCUT2D eigenvalue weighted by Gasteiger charge is 2.18. The molecular weight excluding hydrogens is 260 g/mol. The van der Waals surface area contributed by atoms with Crippen molar-refractivity contribution in [1.29, 1.82) is 0 Å². The Labute approximate surface area is 116 Å². The Morgan fingerprint density at radius 2 is 2.11 bits per heavy atom. The van der Waals surface area contributed by atoms with E-state index in [-0.39, 0.29) is 0 Å². The number of rotatable bonds is 4. The molecule has 0 aliphatic carbocycles. The molecule has 0 saturated carbocycles. The molecule has 0 fully saturated rings. The van der Waals surface area contributed by atoms with Crippen molar-refractivity contribution >= 4 is 22.4 Å². The van der Waals surface area contributed by atoms with Crippen LogP contribution in [0.5, 0.6) is 0 Å². The van der Waals surface area contributed by atoms with Crippen LogP contribution in [0.2, 0.25) is 0 Å². The highest BCUT2D eigenvalue weighted by molar-refractivity contribution is 7.15. The summed E-state index contributed by atoms with van der Waals surface area (Å²) >= 11 is 1.43. The van der Waals surface area contributed by atoms with Crippen molar-refractivity contribution in [1.82, 2.24) is 4.98 Å². The first-order valence-electron chi connectivity index (χ1n) is 6.12. The number of amides is 1. The van der Waals surface area contributed by atoms with Gasteiger partial charge in [0.15, 0.2) is 11.2 Å². The zero-order valence-corrected chi connectivity index (χ0v) is 11.7. The number of hydrogen-bond donors (Lipinski definition) is 2. The molecule has 0 spiro atoms. The molecule has 0 bridgehead atoms. The van der Waals surface area contributed by atoms with E-state index in [1.165, 1.54) is 11.3 Å². The SMILES string of the molecule is CCc1nc(NC(=O)C(O)c2ccccc2)sc1C. The Morgan fingerprint density at radius 3 is 2.68 bits per heavy atom. The van der Waals surface area contributed by atoms with Gasteiger partial charge in [0.1, 0.15) is 0 Å². The quantitative estimate of drug-likeness (QED) is 0.902. The lowest BCUT2D eigenvalue weighted by molar-refractivity contribution is -0.124. The minimum Gasteiger partial charge on any atom is -0.378 e. The third-order valence-electron chi connectivity index (χ3n) is 2.82. The highest BCUT2D eigenvalue weighted by atomic mass is 32.1. The molecule has 0 saturated heterocycles. The third kappa shape index (κ3) is 3.19. The number of thiazole rings is 1. The van der Waals surface area contributed by atoms with Crippen LogP contribution < -0.4 is 5.32 Å². The molecule has 4 nitrogen and oxygen atoms in total. The van der Waals surface area contributed by atoms with E-state index in [4.69, 9.17) is 0 Å².